The van der Waals surface area contributed by atoms with Gasteiger partial charge in [0.15, 0.2) is 5.82 Å². The SMILES string of the molecule is Cc1ccc(Oc2nc(-c3ccccc3)nc3ccsc23)cc1. The number of rotatable bonds is 3. The summed E-state index contributed by atoms with van der Waals surface area (Å²) in [7, 11) is 0. The molecule has 4 rings (SSSR count). The molecule has 0 fully saturated rings. The zero-order valence-corrected chi connectivity index (χ0v) is 13.4. The molecule has 2 heterocycles. The second-order valence-electron chi connectivity index (χ2n) is 5.27. The molecule has 0 saturated heterocycles. The lowest BCUT2D eigenvalue weighted by Crippen LogP contribution is -1.94. The summed E-state index contributed by atoms with van der Waals surface area (Å²) in [6.07, 6.45) is 0. The third kappa shape index (κ3) is 2.81. The third-order valence-corrected chi connectivity index (χ3v) is 4.43. The maximum absolute atomic E-state index is 6.03. The molecule has 0 aliphatic rings. The highest BCUT2D eigenvalue weighted by molar-refractivity contribution is 7.17. The van der Waals surface area contributed by atoms with Crippen molar-refractivity contribution in [3.63, 3.8) is 0 Å². The fourth-order valence-electron chi connectivity index (χ4n) is 2.34. The van der Waals surface area contributed by atoms with Crippen molar-refractivity contribution in [1.29, 1.82) is 0 Å². The van der Waals surface area contributed by atoms with Crippen LogP contribution < -0.4 is 4.74 Å². The molecular formula is C19H14N2OS. The summed E-state index contributed by atoms with van der Waals surface area (Å²) in [6, 6.07) is 19.9. The molecule has 23 heavy (non-hydrogen) atoms. The van der Waals surface area contributed by atoms with Gasteiger partial charge < -0.3 is 4.74 Å². The first-order chi connectivity index (χ1) is 11.3. The zero-order chi connectivity index (χ0) is 15.6. The second kappa shape index (κ2) is 5.82. The average Bonchev–Trinajstić information content (AvgIpc) is 3.06. The fourth-order valence-corrected chi connectivity index (χ4v) is 3.10. The lowest BCUT2D eigenvalue weighted by atomic mass is 10.2. The smallest absolute Gasteiger partial charge is 0.240 e. The Bertz CT molecular complexity index is 946. The van der Waals surface area contributed by atoms with Gasteiger partial charge in [-0.05, 0) is 30.5 Å². The van der Waals surface area contributed by atoms with Gasteiger partial charge >= 0.3 is 0 Å². The van der Waals surface area contributed by atoms with Gasteiger partial charge in [-0.1, -0.05) is 48.0 Å². The van der Waals surface area contributed by atoms with E-state index in [1.807, 2.05) is 66.0 Å². The van der Waals surface area contributed by atoms with Gasteiger partial charge in [0, 0.05) is 5.56 Å². The molecular weight excluding hydrogens is 304 g/mol. The summed E-state index contributed by atoms with van der Waals surface area (Å²) in [5, 5.41) is 2.01. The normalized spacial score (nSPS) is 10.8. The number of aryl methyl sites for hydroxylation is 1. The van der Waals surface area contributed by atoms with Crippen molar-refractivity contribution < 1.29 is 4.74 Å². The molecule has 0 amide bonds. The second-order valence-corrected chi connectivity index (χ2v) is 6.18. The summed E-state index contributed by atoms with van der Waals surface area (Å²) in [6.45, 7) is 2.06. The number of fused-ring (bicyclic) bond motifs is 1. The van der Waals surface area contributed by atoms with Gasteiger partial charge in [-0.15, -0.1) is 11.3 Å². The summed E-state index contributed by atoms with van der Waals surface area (Å²) in [4.78, 5) is 9.28. The fraction of sp³-hybridized carbons (Fsp3) is 0.0526. The highest BCUT2D eigenvalue weighted by atomic mass is 32.1. The molecule has 0 spiro atoms. The Labute approximate surface area is 138 Å². The van der Waals surface area contributed by atoms with Crippen molar-refractivity contribution in [1.82, 2.24) is 9.97 Å². The number of benzene rings is 2. The maximum atomic E-state index is 6.03. The minimum atomic E-state index is 0.604. The molecule has 0 unspecified atom stereocenters. The van der Waals surface area contributed by atoms with E-state index < -0.39 is 0 Å². The van der Waals surface area contributed by atoms with Crippen LogP contribution >= 0.6 is 11.3 Å². The molecule has 3 nitrogen and oxygen atoms in total. The molecule has 4 heteroatoms. The van der Waals surface area contributed by atoms with Gasteiger partial charge in [-0.3, -0.25) is 0 Å². The monoisotopic (exact) mass is 318 g/mol. The summed E-state index contributed by atoms with van der Waals surface area (Å²) in [5.74, 6) is 2.06. The summed E-state index contributed by atoms with van der Waals surface area (Å²) >= 11 is 1.59. The van der Waals surface area contributed by atoms with Crippen LogP contribution in [0, 0.1) is 6.92 Å². The van der Waals surface area contributed by atoms with Crippen LogP contribution in [-0.4, -0.2) is 9.97 Å². The standard InChI is InChI=1S/C19H14N2OS/c1-13-7-9-15(10-8-13)22-19-17-16(11-12-23-17)20-18(21-19)14-5-3-2-4-6-14/h2-12H,1H3. The van der Waals surface area contributed by atoms with Crippen molar-refractivity contribution in [2.75, 3.05) is 0 Å². The molecule has 112 valence electrons. The quantitative estimate of drug-likeness (QED) is 0.503. The highest BCUT2D eigenvalue weighted by Crippen LogP contribution is 2.33. The molecule has 4 aromatic rings. The lowest BCUT2D eigenvalue weighted by Gasteiger charge is -2.08. The third-order valence-electron chi connectivity index (χ3n) is 3.54. The molecule has 2 aromatic carbocycles. The first-order valence-electron chi connectivity index (χ1n) is 7.35. The molecule has 2 aromatic heterocycles. The number of aromatic nitrogens is 2. The number of hydrogen-bond acceptors (Lipinski definition) is 4. The summed E-state index contributed by atoms with van der Waals surface area (Å²) in [5.41, 5.74) is 3.09. The van der Waals surface area contributed by atoms with E-state index in [-0.39, 0.29) is 0 Å². The van der Waals surface area contributed by atoms with Gasteiger partial charge in [0.2, 0.25) is 5.88 Å². The molecule has 0 N–H and O–H groups in total. The van der Waals surface area contributed by atoms with Crippen molar-refractivity contribution in [2.24, 2.45) is 0 Å². The minimum Gasteiger partial charge on any atom is -0.437 e. The van der Waals surface area contributed by atoms with Crippen molar-refractivity contribution in [2.45, 2.75) is 6.92 Å². The highest BCUT2D eigenvalue weighted by Gasteiger charge is 2.12. The maximum Gasteiger partial charge on any atom is 0.240 e. The Hall–Kier alpha value is -2.72. The van der Waals surface area contributed by atoms with Crippen LogP contribution in [0.1, 0.15) is 5.56 Å². The molecule has 0 atom stereocenters. The van der Waals surface area contributed by atoms with E-state index in [2.05, 4.69) is 16.9 Å². The van der Waals surface area contributed by atoms with Crippen LogP contribution in [0.4, 0.5) is 0 Å². The topological polar surface area (TPSA) is 35.0 Å². The van der Waals surface area contributed by atoms with E-state index in [1.54, 1.807) is 11.3 Å². The Morgan fingerprint density at radius 2 is 1.65 bits per heavy atom. The van der Waals surface area contributed by atoms with Crippen molar-refractivity contribution in [3.05, 3.63) is 71.6 Å². The van der Waals surface area contributed by atoms with Gasteiger partial charge in [-0.25, -0.2) is 4.98 Å². The van der Waals surface area contributed by atoms with E-state index in [4.69, 9.17) is 4.74 Å². The number of nitrogens with zero attached hydrogens (tertiary/aromatic N) is 2. The van der Waals surface area contributed by atoms with E-state index in [0.717, 1.165) is 21.5 Å². The Kier molecular flexibility index (Phi) is 3.52. The van der Waals surface area contributed by atoms with Crippen LogP contribution in [-0.2, 0) is 0 Å². The Morgan fingerprint density at radius 3 is 2.43 bits per heavy atom. The van der Waals surface area contributed by atoms with Gasteiger partial charge in [-0.2, -0.15) is 4.98 Å². The largest absolute Gasteiger partial charge is 0.437 e. The minimum absolute atomic E-state index is 0.604. The van der Waals surface area contributed by atoms with Crippen LogP contribution in [0.3, 0.4) is 0 Å². The molecule has 0 bridgehead atoms. The lowest BCUT2D eigenvalue weighted by molar-refractivity contribution is 0.469. The first-order valence-corrected chi connectivity index (χ1v) is 8.23. The Morgan fingerprint density at radius 1 is 0.870 bits per heavy atom. The van der Waals surface area contributed by atoms with Crippen LogP contribution in [0.25, 0.3) is 21.6 Å². The van der Waals surface area contributed by atoms with E-state index in [0.29, 0.717) is 11.7 Å². The van der Waals surface area contributed by atoms with Crippen LogP contribution in [0.2, 0.25) is 0 Å². The average molecular weight is 318 g/mol. The van der Waals surface area contributed by atoms with Gasteiger partial charge in [0.1, 0.15) is 10.4 Å². The number of ether oxygens (including phenoxy) is 1. The van der Waals surface area contributed by atoms with E-state index in [1.165, 1.54) is 5.56 Å². The molecule has 0 aliphatic heterocycles. The van der Waals surface area contributed by atoms with Gasteiger partial charge in [0.05, 0.1) is 5.52 Å². The van der Waals surface area contributed by atoms with E-state index >= 15 is 0 Å². The molecule has 0 aliphatic carbocycles. The first kappa shape index (κ1) is 13.9. The molecule has 0 saturated carbocycles. The van der Waals surface area contributed by atoms with Crippen molar-refractivity contribution in [3.8, 4) is 23.0 Å². The molecule has 0 radical (unpaired) electrons. The van der Waals surface area contributed by atoms with Gasteiger partial charge in [0.25, 0.3) is 0 Å². The number of thiophene rings is 1. The zero-order valence-electron chi connectivity index (χ0n) is 12.6. The summed E-state index contributed by atoms with van der Waals surface area (Å²) < 4.78 is 6.99. The van der Waals surface area contributed by atoms with Crippen LogP contribution in [0.15, 0.2) is 66.0 Å². The number of hydrogen-bond donors (Lipinski definition) is 0. The predicted molar refractivity (Wildman–Crippen MR) is 94.1 cm³/mol. The van der Waals surface area contributed by atoms with Crippen molar-refractivity contribution >= 4 is 21.6 Å². The van der Waals surface area contributed by atoms with Crippen LogP contribution in [0.5, 0.6) is 11.6 Å². The van der Waals surface area contributed by atoms with E-state index in [9.17, 15) is 0 Å². The Balaban J connectivity index is 1.81. The predicted octanol–water partition coefficient (Wildman–Crippen LogP) is 5.46.